The molecule has 5 heteroatoms. The molecular formula is C16H16N4O. The number of aldehydes is 1. The first kappa shape index (κ1) is 13.5. The van der Waals surface area contributed by atoms with Crippen molar-refractivity contribution >= 4 is 17.7 Å². The molecule has 0 spiro atoms. The van der Waals surface area contributed by atoms with E-state index in [1.807, 2.05) is 49.5 Å². The van der Waals surface area contributed by atoms with E-state index >= 15 is 0 Å². The molecule has 1 atom stereocenters. The van der Waals surface area contributed by atoms with Gasteiger partial charge in [0.1, 0.15) is 0 Å². The fraction of sp³-hybridized carbons (Fsp3) is 0.188. The predicted molar refractivity (Wildman–Crippen MR) is 82.6 cm³/mol. The number of benzodiazepines with no additional fused rings is 1. The van der Waals surface area contributed by atoms with Crippen LogP contribution in [-0.4, -0.2) is 36.2 Å². The van der Waals surface area contributed by atoms with Gasteiger partial charge in [0.05, 0.1) is 18.0 Å². The second kappa shape index (κ2) is 5.10. The number of aromatic nitrogens is 1. The number of rotatable bonds is 2. The fourth-order valence-electron chi connectivity index (χ4n) is 2.43. The van der Waals surface area contributed by atoms with E-state index in [0.717, 1.165) is 28.9 Å². The summed E-state index contributed by atoms with van der Waals surface area (Å²) in [6.07, 6.45) is 2.47. The fourth-order valence-corrected chi connectivity index (χ4v) is 2.43. The Morgan fingerprint density at radius 1 is 1.24 bits per heavy atom. The van der Waals surface area contributed by atoms with Gasteiger partial charge in [-0.15, -0.1) is 0 Å². The quantitative estimate of drug-likeness (QED) is 0.840. The van der Waals surface area contributed by atoms with Gasteiger partial charge in [-0.05, 0) is 18.2 Å². The van der Waals surface area contributed by atoms with Crippen molar-refractivity contribution in [1.29, 1.82) is 0 Å². The van der Waals surface area contributed by atoms with Gasteiger partial charge in [-0.25, -0.2) is 0 Å². The molecule has 5 nitrogen and oxygen atoms in total. The van der Waals surface area contributed by atoms with Crippen molar-refractivity contribution in [3.05, 3.63) is 59.9 Å². The molecule has 0 bridgehead atoms. The van der Waals surface area contributed by atoms with Crippen LogP contribution in [0.25, 0.3) is 0 Å². The van der Waals surface area contributed by atoms with Crippen molar-refractivity contribution in [2.24, 2.45) is 10.7 Å². The summed E-state index contributed by atoms with van der Waals surface area (Å²) in [7, 11) is 1.81. The van der Waals surface area contributed by atoms with Gasteiger partial charge >= 0.3 is 0 Å². The third kappa shape index (κ3) is 2.21. The van der Waals surface area contributed by atoms with E-state index in [1.54, 1.807) is 11.1 Å². The smallest absolute Gasteiger partial charge is 0.165 e. The van der Waals surface area contributed by atoms with E-state index in [-0.39, 0.29) is 6.54 Å². The van der Waals surface area contributed by atoms with Crippen molar-refractivity contribution < 1.29 is 4.79 Å². The molecule has 1 aliphatic heterocycles. The molecule has 2 heterocycles. The lowest BCUT2D eigenvalue weighted by atomic mass is 10.0. The lowest BCUT2D eigenvalue weighted by molar-refractivity contribution is -0.111. The Balaban J connectivity index is 2.22. The van der Waals surface area contributed by atoms with Gasteiger partial charge in [-0.2, -0.15) is 0 Å². The van der Waals surface area contributed by atoms with Crippen LogP contribution in [0, 0.1) is 0 Å². The lowest BCUT2D eigenvalue weighted by Gasteiger charge is -2.33. The van der Waals surface area contributed by atoms with Gasteiger partial charge < -0.3 is 10.6 Å². The van der Waals surface area contributed by atoms with E-state index in [1.165, 1.54) is 0 Å². The van der Waals surface area contributed by atoms with Crippen LogP contribution in [0.3, 0.4) is 0 Å². The van der Waals surface area contributed by atoms with Crippen LogP contribution in [0.15, 0.2) is 53.7 Å². The van der Waals surface area contributed by atoms with Gasteiger partial charge in [0.2, 0.25) is 0 Å². The Hall–Kier alpha value is -2.53. The molecule has 0 amide bonds. The van der Waals surface area contributed by atoms with Crippen LogP contribution in [0.4, 0.5) is 5.69 Å². The summed E-state index contributed by atoms with van der Waals surface area (Å²) in [6, 6.07) is 13.4. The summed E-state index contributed by atoms with van der Waals surface area (Å²) in [6.45, 7) is 0.188. The molecule has 2 aromatic rings. The first-order chi connectivity index (χ1) is 10.2. The summed E-state index contributed by atoms with van der Waals surface area (Å²) >= 11 is 0. The van der Waals surface area contributed by atoms with E-state index < -0.39 is 5.66 Å². The van der Waals surface area contributed by atoms with Gasteiger partial charge in [-0.1, -0.05) is 24.3 Å². The molecule has 2 N–H and O–H groups in total. The molecule has 3 rings (SSSR count). The predicted octanol–water partition coefficient (Wildman–Crippen LogP) is 1.22. The van der Waals surface area contributed by atoms with Crippen molar-refractivity contribution in [3.8, 4) is 0 Å². The maximum Gasteiger partial charge on any atom is 0.165 e. The number of para-hydroxylation sites is 1. The highest BCUT2D eigenvalue weighted by Gasteiger charge is 2.34. The van der Waals surface area contributed by atoms with Gasteiger partial charge in [0, 0.05) is 24.5 Å². The molecule has 1 unspecified atom stereocenters. The van der Waals surface area contributed by atoms with Gasteiger partial charge in [-0.3, -0.25) is 14.8 Å². The number of nitrogens with zero attached hydrogens (tertiary/aromatic N) is 3. The number of likely N-dealkylation sites (N-methyl/N-ethyl adjacent to an activating group) is 1. The minimum absolute atomic E-state index is 0.188. The Kier molecular flexibility index (Phi) is 3.27. The molecule has 0 saturated heterocycles. The van der Waals surface area contributed by atoms with Crippen LogP contribution in [0.5, 0.6) is 0 Å². The maximum absolute atomic E-state index is 11.4. The standard InChI is InChI=1S/C16H16N4O/c1-20-14-8-3-2-6-12(14)15(13-7-4-5-9-18-13)19-10-16(20,17)11-21/h2-9,11H,10,17H2,1H3. The van der Waals surface area contributed by atoms with Crippen molar-refractivity contribution in [3.63, 3.8) is 0 Å². The molecule has 0 aliphatic carbocycles. The van der Waals surface area contributed by atoms with Crippen LogP contribution >= 0.6 is 0 Å². The van der Waals surface area contributed by atoms with Crippen LogP contribution in [0.1, 0.15) is 11.3 Å². The normalized spacial score (nSPS) is 21.2. The average Bonchev–Trinajstić information content (AvgIpc) is 2.65. The molecular weight excluding hydrogens is 264 g/mol. The zero-order chi connectivity index (χ0) is 14.9. The number of benzene rings is 1. The number of hydrogen-bond acceptors (Lipinski definition) is 5. The zero-order valence-electron chi connectivity index (χ0n) is 11.7. The van der Waals surface area contributed by atoms with Gasteiger partial charge in [0.25, 0.3) is 0 Å². The number of aliphatic imine (C=N–C) groups is 1. The molecule has 1 aliphatic rings. The third-order valence-electron chi connectivity index (χ3n) is 3.75. The SMILES string of the molecule is CN1c2ccccc2C(c2ccccn2)=NCC1(N)C=O. The minimum atomic E-state index is -1.15. The Labute approximate surface area is 123 Å². The molecule has 0 saturated carbocycles. The summed E-state index contributed by atoms with van der Waals surface area (Å²) in [4.78, 5) is 22.1. The maximum atomic E-state index is 11.4. The Bertz CT molecular complexity index is 698. The average molecular weight is 280 g/mol. The summed E-state index contributed by atoms with van der Waals surface area (Å²) in [5.74, 6) is 0. The number of nitrogens with two attached hydrogens (primary N) is 1. The largest absolute Gasteiger partial charge is 0.348 e. The highest BCUT2D eigenvalue weighted by Crippen LogP contribution is 2.28. The molecule has 0 radical (unpaired) electrons. The van der Waals surface area contributed by atoms with Crippen molar-refractivity contribution in [2.45, 2.75) is 5.66 Å². The second-order valence-electron chi connectivity index (χ2n) is 5.07. The summed E-state index contributed by atoms with van der Waals surface area (Å²) in [5, 5.41) is 0. The molecule has 21 heavy (non-hydrogen) atoms. The molecule has 1 aromatic carbocycles. The first-order valence-electron chi connectivity index (χ1n) is 6.70. The van der Waals surface area contributed by atoms with E-state index in [4.69, 9.17) is 5.73 Å². The molecule has 0 fully saturated rings. The Morgan fingerprint density at radius 3 is 2.71 bits per heavy atom. The molecule has 106 valence electrons. The second-order valence-corrected chi connectivity index (χ2v) is 5.07. The topological polar surface area (TPSA) is 71.6 Å². The first-order valence-corrected chi connectivity index (χ1v) is 6.70. The highest BCUT2D eigenvalue weighted by atomic mass is 16.1. The lowest BCUT2D eigenvalue weighted by Crippen LogP contribution is -2.58. The van der Waals surface area contributed by atoms with Crippen molar-refractivity contribution in [1.82, 2.24) is 4.98 Å². The molecule has 1 aromatic heterocycles. The van der Waals surface area contributed by atoms with E-state index in [0.29, 0.717) is 0 Å². The van der Waals surface area contributed by atoms with Crippen molar-refractivity contribution in [2.75, 3.05) is 18.5 Å². The number of carbonyl (C=O) groups is 1. The summed E-state index contributed by atoms with van der Waals surface area (Å²) in [5.41, 5.74) is 8.36. The van der Waals surface area contributed by atoms with E-state index in [2.05, 4.69) is 9.98 Å². The third-order valence-corrected chi connectivity index (χ3v) is 3.75. The highest BCUT2D eigenvalue weighted by molar-refractivity contribution is 6.15. The summed E-state index contributed by atoms with van der Waals surface area (Å²) < 4.78 is 0. The zero-order valence-corrected chi connectivity index (χ0v) is 11.7. The number of carbonyl (C=O) groups excluding carboxylic acids is 1. The number of hydrogen-bond donors (Lipinski definition) is 1. The van der Waals surface area contributed by atoms with E-state index in [9.17, 15) is 4.79 Å². The Morgan fingerprint density at radius 2 is 2.00 bits per heavy atom. The van der Waals surface area contributed by atoms with Gasteiger partial charge in [0.15, 0.2) is 11.9 Å². The minimum Gasteiger partial charge on any atom is -0.348 e. The van der Waals surface area contributed by atoms with Crippen LogP contribution < -0.4 is 10.6 Å². The monoisotopic (exact) mass is 280 g/mol. The van der Waals surface area contributed by atoms with Crippen LogP contribution in [0.2, 0.25) is 0 Å². The number of fused-ring (bicyclic) bond motifs is 1. The number of pyridine rings is 1. The van der Waals surface area contributed by atoms with Crippen LogP contribution in [-0.2, 0) is 4.79 Å². The number of anilines is 1.